The van der Waals surface area contributed by atoms with E-state index < -0.39 is 18.1 Å². The molecule has 0 bridgehead atoms. The third-order valence-electron chi connectivity index (χ3n) is 4.74. The molecule has 26 heavy (non-hydrogen) atoms. The van der Waals surface area contributed by atoms with Gasteiger partial charge in [-0.3, -0.25) is 4.79 Å². The van der Waals surface area contributed by atoms with Gasteiger partial charge in [0.25, 0.3) is 0 Å². The van der Waals surface area contributed by atoms with Crippen LogP contribution < -0.4 is 5.32 Å². The van der Waals surface area contributed by atoms with Crippen LogP contribution in [0.15, 0.2) is 34.7 Å². The van der Waals surface area contributed by atoms with Gasteiger partial charge in [-0.15, -0.1) is 0 Å². The van der Waals surface area contributed by atoms with E-state index in [1.54, 1.807) is 6.92 Å². The fourth-order valence-electron chi connectivity index (χ4n) is 3.35. The molecule has 0 aliphatic heterocycles. The molecule has 0 radical (unpaired) electrons. The topological polar surface area (TPSA) is 55.1 Å². The van der Waals surface area contributed by atoms with Crippen molar-refractivity contribution in [2.45, 2.75) is 51.2 Å². The number of hydrogen-bond donors (Lipinski definition) is 1. The minimum atomic E-state index is -4.20. The Balaban J connectivity index is 1.61. The van der Waals surface area contributed by atoms with Crippen LogP contribution in [-0.2, 0) is 11.2 Å². The van der Waals surface area contributed by atoms with E-state index in [0.717, 1.165) is 5.56 Å². The van der Waals surface area contributed by atoms with Crippen molar-refractivity contribution in [1.82, 2.24) is 10.3 Å². The van der Waals surface area contributed by atoms with Crippen molar-refractivity contribution in [1.29, 1.82) is 0 Å². The number of halogens is 3. The van der Waals surface area contributed by atoms with Crippen LogP contribution in [0.4, 0.5) is 13.2 Å². The summed E-state index contributed by atoms with van der Waals surface area (Å²) in [5, 5.41) is 2.73. The Labute approximate surface area is 149 Å². The Kier molecular flexibility index (Phi) is 5.34. The first-order chi connectivity index (χ1) is 12.3. The Morgan fingerprint density at radius 1 is 1.27 bits per heavy atom. The fraction of sp³-hybridized carbons (Fsp3) is 0.474. The van der Waals surface area contributed by atoms with Crippen molar-refractivity contribution in [3.8, 4) is 11.5 Å². The number of carbonyl (C=O) groups excluding carboxylic acids is 1. The third-order valence-corrected chi connectivity index (χ3v) is 4.74. The second kappa shape index (κ2) is 7.51. The van der Waals surface area contributed by atoms with Crippen molar-refractivity contribution >= 4 is 5.91 Å². The van der Waals surface area contributed by atoms with Crippen LogP contribution >= 0.6 is 0 Å². The molecule has 3 rings (SSSR count). The van der Waals surface area contributed by atoms with Crippen molar-refractivity contribution in [3.63, 3.8) is 0 Å². The molecule has 0 unspecified atom stereocenters. The lowest BCUT2D eigenvalue weighted by atomic mass is 9.85. The van der Waals surface area contributed by atoms with Crippen molar-refractivity contribution < 1.29 is 22.4 Å². The lowest BCUT2D eigenvalue weighted by Crippen LogP contribution is -2.42. The number of nitrogens with one attached hydrogen (secondary N) is 1. The van der Waals surface area contributed by atoms with Gasteiger partial charge < -0.3 is 9.73 Å². The molecule has 1 heterocycles. The van der Waals surface area contributed by atoms with Gasteiger partial charge in [-0.1, -0.05) is 24.6 Å². The zero-order valence-corrected chi connectivity index (χ0v) is 14.5. The fourth-order valence-corrected chi connectivity index (χ4v) is 3.35. The van der Waals surface area contributed by atoms with E-state index in [1.807, 2.05) is 30.3 Å². The number of carbonyl (C=O) groups is 1. The van der Waals surface area contributed by atoms with Gasteiger partial charge in [-0.25, -0.2) is 4.98 Å². The Morgan fingerprint density at radius 2 is 2.00 bits per heavy atom. The van der Waals surface area contributed by atoms with Crippen molar-refractivity contribution in [2.75, 3.05) is 0 Å². The zero-order chi connectivity index (χ0) is 18.7. The number of nitrogens with zero attached hydrogens (tertiary/aromatic N) is 1. The van der Waals surface area contributed by atoms with Gasteiger partial charge in [-0.2, -0.15) is 13.2 Å². The molecular formula is C19H21F3N2O2. The van der Waals surface area contributed by atoms with E-state index in [9.17, 15) is 18.0 Å². The van der Waals surface area contributed by atoms with Gasteiger partial charge in [0.2, 0.25) is 11.8 Å². The van der Waals surface area contributed by atoms with Crippen LogP contribution in [0.3, 0.4) is 0 Å². The summed E-state index contributed by atoms with van der Waals surface area (Å²) in [5.41, 5.74) is 1.31. The summed E-state index contributed by atoms with van der Waals surface area (Å²) in [6.07, 6.45) is -3.07. The van der Waals surface area contributed by atoms with E-state index in [4.69, 9.17) is 4.42 Å². The molecule has 1 amide bonds. The standard InChI is InChI=1S/C19H21F3N2O2/c1-12-16(24-18(26-12)13-6-3-2-4-7-13)11-17(25)23-15-9-5-8-14(10-15)19(20,21)22/h2-4,6-7,14-15H,5,8-11H2,1H3,(H,23,25)/t14-,15+/m0/s1. The Hall–Kier alpha value is -2.31. The second-order valence-corrected chi connectivity index (χ2v) is 6.73. The number of amides is 1. The average Bonchev–Trinajstić information content (AvgIpc) is 2.96. The normalized spacial score (nSPS) is 20.8. The van der Waals surface area contributed by atoms with Gasteiger partial charge in [0, 0.05) is 11.6 Å². The van der Waals surface area contributed by atoms with Crippen molar-refractivity contribution in [3.05, 3.63) is 41.8 Å². The van der Waals surface area contributed by atoms with Crippen molar-refractivity contribution in [2.24, 2.45) is 5.92 Å². The number of hydrogen-bond acceptors (Lipinski definition) is 3. The summed E-state index contributed by atoms with van der Waals surface area (Å²) >= 11 is 0. The molecule has 1 saturated carbocycles. The van der Waals surface area contributed by atoms with Gasteiger partial charge in [0.1, 0.15) is 5.76 Å². The van der Waals surface area contributed by atoms with Crippen LogP contribution in [0.1, 0.15) is 37.1 Å². The summed E-state index contributed by atoms with van der Waals surface area (Å²) in [6.45, 7) is 1.72. The maximum Gasteiger partial charge on any atom is 0.391 e. The summed E-state index contributed by atoms with van der Waals surface area (Å²) in [4.78, 5) is 16.6. The van der Waals surface area contributed by atoms with Crippen LogP contribution in [0.5, 0.6) is 0 Å². The third kappa shape index (κ3) is 4.45. The van der Waals surface area contributed by atoms with Gasteiger partial charge in [0.05, 0.1) is 18.0 Å². The first-order valence-corrected chi connectivity index (χ1v) is 8.70. The Bertz CT molecular complexity index is 756. The van der Waals surface area contributed by atoms with E-state index in [0.29, 0.717) is 30.2 Å². The highest BCUT2D eigenvalue weighted by Gasteiger charge is 2.42. The summed E-state index contributed by atoms with van der Waals surface area (Å²) in [6, 6.07) is 8.88. The first kappa shape index (κ1) is 18.5. The molecule has 1 aliphatic carbocycles. The molecule has 1 fully saturated rings. The number of aryl methyl sites for hydroxylation is 1. The second-order valence-electron chi connectivity index (χ2n) is 6.73. The number of alkyl halides is 3. The number of benzene rings is 1. The molecule has 1 aromatic heterocycles. The van der Waals surface area contributed by atoms with Crippen LogP contribution in [0.25, 0.3) is 11.5 Å². The molecule has 2 atom stereocenters. The maximum atomic E-state index is 12.9. The van der Waals surface area contributed by atoms with Crippen LogP contribution in [0.2, 0.25) is 0 Å². The molecular weight excluding hydrogens is 345 g/mol. The largest absolute Gasteiger partial charge is 0.441 e. The molecule has 0 spiro atoms. The van der Waals surface area contributed by atoms with E-state index >= 15 is 0 Å². The van der Waals surface area contributed by atoms with E-state index in [1.165, 1.54) is 0 Å². The number of rotatable bonds is 4. The SMILES string of the molecule is Cc1oc(-c2ccccc2)nc1CC(=O)N[C@@H]1CCC[C@H](C(F)(F)F)C1. The molecule has 0 saturated heterocycles. The van der Waals surface area contributed by atoms with E-state index in [-0.39, 0.29) is 25.2 Å². The lowest BCUT2D eigenvalue weighted by Gasteiger charge is -2.31. The highest BCUT2D eigenvalue weighted by molar-refractivity contribution is 5.78. The molecule has 1 aliphatic rings. The highest BCUT2D eigenvalue weighted by Crippen LogP contribution is 2.37. The summed E-state index contributed by atoms with van der Waals surface area (Å²) in [7, 11) is 0. The summed E-state index contributed by atoms with van der Waals surface area (Å²) < 4.78 is 44.3. The van der Waals surface area contributed by atoms with E-state index in [2.05, 4.69) is 10.3 Å². The monoisotopic (exact) mass is 366 g/mol. The molecule has 7 heteroatoms. The summed E-state index contributed by atoms with van der Waals surface area (Å²) in [5.74, 6) is -0.689. The molecule has 140 valence electrons. The molecule has 1 aromatic carbocycles. The van der Waals surface area contributed by atoms with Gasteiger partial charge in [-0.05, 0) is 38.3 Å². The Morgan fingerprint density at radius 3 is 2.69 bits per heavy atom. The molecule has 1 N–H and O–H groups in total. The first-order valence-electron chi connectivity index (χ1n) is 8.70. The lowest BCUT2D eigenvalue weighted by molar-refractivity contribution is -0.184. The minimum Gasteiger partial charge on any atom is -0.441 e. The number of aromatic nitrogens is 1. The molecule has 2 aromatic rings. The predicted molar refractivity (Wildman–Crippen MR) is 90.3 cm³/mol. The van der Waals surface area contributed by atoms with Crippen LogP contribution in [0, 0.1) is 12.8 Å². The minimum absolute atomic E-state index is 0.00461. The maximum absolute atomic E-state index is 12.9. The van der Waals surface area contributed by atoms with Gasteiger partial charge >= 0.3 is 6.18 Å². The van der Waals surface area contributed by atoms with Crippen LogP contribution in [-0.4, -0.2) is 23.1 Å². The van der Waals surface area contributed by atoms with Gasteiger partial charge in [0.15, 0.2) is 0 Å². The predicted octanol–water partition coefficient (Wildman–Crippen LogP) is 4.43. The zero-order valence-electron chi connectivity index (χ0n) is 14.5. The molecule has 4 nitrogen and oxygen atoms in total. The number of oxazole rings is 1. The average molecular weight is 366 g/mol. The smallest absolute Gasteiger partial charge is 0.391 e. The quantitative estimate of drug-likeness (QED) is 0.871. The highest BCUT2D eigenvalue weighted by atomic mass is 19.4.